The molecule has 0 aliphatic carbocycles. The van der Waals surface area contributed by atoms with Crippen LogP contribution in [-0.2, 0) is 0 Å². The number of para-hydroxylation sites is 1. The average molecular weight is 460 g/mol. The molecule has 7 rings (SSSR count). The van der Waals surface area contributed by atoms with Crippen molar-refractivity contribution >= 4 is 60.2 Å². The summed E-state index contributed by atoms with van der Waals surface area (Å²) in [5.74, 6) is 0. The lowest BCUT2D eigenvalue weighted by atomic mass is 9.99. The average Bonchev–Trinajstić information content (AvgIpc) is 2.94. The molecule has 7 aromatic carbocycles. The summed E-state index contributed by atoms with van der Waals surface area (Å²) in [6.07, 6.45) is 0. The first kappa shape index (κ1) is 20.7. The molecule has 1 nitrogen and oxygen atoms in total. The molecule has 0 spiro atoms. The van der Waals surface area contributed by atoms with Gasteiger partial charge in [-0.15, -0.1) is 0 Å². The molecule has 0 saturated heterocycles. The number of rotatable bonds is 3. The third kappa shape index (κ3) is 3.32. The summed E-state index contributed by atoms with van der Waals surface area (Å²) in [5, 5.41) is 10.2. The van der Waals surface area contributed by atoms with Crippen LogP contribution in [-0.4, -0.2) is 0 Å². The summed E-state index contributed by atoms with van der Waals surface area (Å²) >= 11 is 0. The van der Waals surface area contributed by atoms with Crippen molar-refractivity contribution in [1.82, 2.24) is 0 Å². The minimum absolute atomic E-state index is 1.16. The highest BCUT2D eigenvalue weighted by Crippen LogP contribution is 2.40. The van der Waals surface area contributed by atoms with E-state index in [2.05, 4.69) is 145 Å². The number of aryl methyl sites for hydroxylation is 1. The topological polar surface area (TPSA) is 3.24 Å². The number of fused-ring (bicyclic) bond motifs is 6. The van der Waals surface area contributed by atoms with Crippen molar-refractivity contribution in [1.29, 1.82) is 0 Å². The van der Waals surface area contributed by atoms with E-state index < -0.39 is 0 Å². The smallest absolute Gasteiger partial charge is 0.0490 e. The molecule has 1 heteroatoms. The largest absolute Gasteiger partial charge is 0.310 e. The molecule has 0 unspecified atom stereocenters. The van der Waals surface area contributed by atoms with Crippen LogP contribution in [0.4, 0.5) is 17.1 Å². The highest BCUT2D eigenvalue weighted by Gasteiger charge is 2.16. The second-order valence-electron chi connectivity index (χ2n) is 9.51. The Morgan fingerprint density at radius 2 is 0.889 bits per heavy atom. The molecule has 0 heterocycles. The van der Waals surface area contributed by atoms with Crippen LogP contribution in [0.15, 0.2) is 133 Å². The van der Waals surface area contributed by atoms with E-state index in [1.54, 1.807) is 0 Å². The van der Waals surface area contributed by atoms with E-state index in [0.29, 0.717) is 0 Å². The summed E-state index contributed by atoms with van der Waals surface area (Å²) in [5.41, 5.74) is 4.76. The van der Waals surface area contributed by atoms with Crippen LogP contribution in [0.2, 0.25) is 0 Å². The highest BCUT2D eigenvalue weighted by molar-refractivity contribution is 6.10. The Kier molecular flexibility index (Phi) is 4.75. The van der Waals surface area contributed by atoms with Gasteiger partial charge < -0.3 is 4.90 Å². The minimum Gasteiger partial charge on any atom is -0.310 e. The Bertz CT molecular complexity index is 1910. The monoisotopic (exact) mass is 459 g/mol. The van der Waals surface area contributed by atoms with Crippen LogP contribution in [0.3, 0.4) is 0 Å². The Balaban J connectivity index is 1.48. The third-order valence-corrected chi connectivity index (χ3v) is 7.33. The van der Waals surface area contributed by atoms with Gasteiger partial charge in [0.15, 0.2) is 0 Å². The van der Waals surface area contributed by atoms with Gasteiger partial charge in [-0.05, 0) is 85.9 Å². The maximum atomic E-state index is 2.39. The summed E-state index contributed by atoms with van der Waals surface area (Å²) in [6, 6.07) is 48.5. The number of hydrogen-bond donors (Lipinski definition) is 0. The van der Waals surface area contributed by atoms with Gasteiger partial charge in [-0.25, -0.2) is 0 Å². The molecule has 0 fully saturated rings. The molecular weight excluding hydrogens is 434 g/mol. The molecule has 0 atom stereocenters. The molecule has 0 bridgehead atoms. The first-order valence-electron chi connectivity index (χ1n) is 12.5. The van der Waals surface area contributed by atoms with E-state index in [-0.39, 0.29) is 0 Å². The minimum atomic E-state index is 1.16. The van der Waals surface area contributed by atoms with E-state index in [1.165, 1.54) is 54.3 Å². The molecular formula is C35H25N. The third-order valence-electron chi connectivity index (χ3n) is 7.33. The van der Waals surface area contributed by atoms with Crippen molar-refractivity contribution in [2.24, 2.45) is 0 Å². The van der Waals surface area contributed by atoms with E-state index in [4.69, 9.17) is 0 Å². The Hall–Kier alpha value is -4.62. The zero-order valence-corrected chi connectivity index (χ0v) is 20.1. The quantitative estimate of drug-likeness (QED) is 0.238. The molecule has 0 radical (unpaired) electrons. The van der Waals surface area contributed by atoms with Crippen molar-refractivity contribution in [2.75, 3.05) is 4.90 Å². The number of benzene rings is 7. The molecule has 0 aliphatic rings. The van der Waals surface area contributed by atoms with Gasteiger partial charge in [0.2, 0.25) is 0 Å². The van der Waals surface area contributed by atoms with Crippen LogP contribution in [0.1, 0.15) is 5.56 Å². The van der Waals surface area contributed by atoms with Crippen molar-refractivity contribution in [3.63, 3.8) is 0 Å². The summed E-state index contributed by atoms with van der Waals surface area (Å²) in [7, 11) is 0. The van der Waals surface area contributed by atoms with Gasteiger partial charge >= 0.3 is 0 Å². The zero-order chi connectivity index (χ0) is 24.1. The van der Waals surface area contributed by atoms with Gasteiger partial charge in [0.1, 0.15) is 0 Å². The molecule has 7 aromatic rings. The van der Waals surface area contributed by atoms with Gasteiger partial charge in [-0.2, -0.15) is 0 Å². The van der Waals surface area contributed by atoms with Crippen molar-refractivity contribution in [3.8, 4) is 0 Å². The second kappa shape index (κ2) is 8.25. The standard InChI is InChI=1S/C35H25N/c1-24-8-2-7-13-35(24)36(29-20-21-33-28(22-29)17-16-25-9-3-5-11-31(25)33)30-19-18-27-15-14-26-10-4-6-12-32(26)34(27)23-30/h2-23H,1H3. The van der Waals surface area contributed by atoms with Crippen LogP contribution in [0.5, 0.6) is 0 Å². The summed E-state index contributed by atoms with van der Waals surface area (Å²) in [4.78, 5) is 2.39. The second-order valence-corrected chi connectivity index (χ2v) is 9.51. The lowest BCUT2D eigenvalue weighted by molar-refractivity contribution is 1.26. The molecule has 170 valence electrons. The Morgan fingerprint density at radius 3 is 1.64 bits per heavy atom. The molecule has 0 saturated carbocycles. The lowest BCUT2D eigenvalue weighted by Gasteiger charge is -2.28. The maximum absolute atomic E-state index is 2.39. The first-order valence-corrected chi connectivity index (χ1v) is 12.5. The predicted octanol–water partition coefficient (Wildman–Crippen LogP) is 10.1. The molecule has 0 aromatic heterocycles. The molecule has 0 N–H and O–H groups in total. The lowest BCUT2D eigenvalue weighted by Crippen LogP contribution is -2.11. The van der Waals surface area contributed by atoms with Gasteiger partial charge in [-0.1, -0.05) is 103 Å². The summed E-state index contributed by atoms with van der Waals surface area (Å²) < 4.78 is 0. The Labute approximate surface area is 210 Å². The van der Waals surface area contributed by atoms with Crippen LogP contribution in [0.25, 0.3) is 43.1 Å². The van der Waals surface area contributed by atoms with Gasteiger partial charge in [0.05, 0.1) is 0 Å². The van der Waals surface area contributed by atoms with E-state index >= 15 is 0 Å². The van der Waals surface area contributed by atoms with Gasteiger partial charge in [0.25, 0.3) is 0 Å². The van der Waals surface area contributed by atoms with E-state index in [1.807, 2.05) is 0 Å². The number of anilines is 3. The SMILES string of the molecule is Cc1ccccc1N(c1ccc2c(ccc3ccccc32)c1)c1ccc2ccc3ccccc3c2c1. The fraction of sp³-hybridized carbons (Fsp3) is 0.0286. The van der Waals surface area contributed by atoms with Gasteiger partial charge in [0, 0.05) is 17.1 Å². The van der Waals surface area contributed by atoms with Crippen LogP contribution < -0.4 is 4.90 Å². The van der Waals surface area contributed by atoms with Crippen LogP contribution in [0, 0.1) is 6.92 Å². The first-order chi connectivity index (χ1) is 17.8. The van der Waals surface area contributed by atoms with Crippen molar-refractivity contribution in [3.05, 3.63) is 139 Å². The Morgan fingerprint density at radius 1 is 0.389 bits per heavy atom. The van der Waals surface area contributed by atoms with Crippen molar-refractivity contribution < 1.29 is 0 Å². The number of nitrogens with zero attached hydrogens (tertiary/aromatic N) is 1. The number of hydrogen-bond acceptors (Lipinski definition) is 1. The zero-order valence-electron chi connectivity index (χ0n) is 20.1. The molecule has 36 heavy (non-hydrogen) atoms. The predicted molar refractivity (Wildman–Crippen MR) is 156 cm³/mol. The van der Waals surface area contributed by atoms with Crippen LogP contribution >= 0.6 is 0 Å². The molecule has 0 amide bonds. The van der Waals surface area contributed by atoms with Gasteiger partial charge in [-0.3, -0.25) is 0 Å². The highest BCUT2D eigenvalue weighted by atomic mass is 15.1. The normalized spacial score (nSPS) is 11.5. The fourth-order valence-electron chi connectivity index (χ4n) is 5.51. The maximum Gasteiger partial charge on any atom is 0.0490 e. The summed E-state index contributed by atoms with van der Waals surface area (Å²) in [6.45, 7) is 2.19. The molecule has 0 aliphatic heterocycles. The van der Waals surface area contributed by atoms with E-state index in [9.17, 15) is 0 Å². The van der Waals surface area contributed by atoms with Crippen molar-refractivity contribution in [2.45, 2.75) is 6.92 Å². The fourth-order valence-corrected chi connectivity index (χ4v) is 5.51. The van der Waals surface area contributed by atoms with E-state index in [0.717, 1.165) is 11.4 Å².